The zero-order valence-corrected chi connectivity index (χ0v) is 7.06. The van der Waals surface area contributed by atoms with E-state index in [0.29, 0.717) is 24.4 Å². The van der Waals surface area contributed by atoms with Gasteiger partial charge in [0.1, 0.15) is 0 Å². The third-order valence-corrected chi connectivity index (χ3v) is 2.41. The van der Waals surface area contributed by atoms with Crippen molar-refractivity contribution in [1.29, 1.82) is 0 Å². The van der Waals surface area contributed by atoms with Gasteiger partial charge in [-0.1, -0.05) is 0 Å². The molecule has 0 atom stereocenters. The van der Waals surface area contributed by atoms with Crippen molar-refractivity contribution in [1.82, 2.24) is 0 Å². The van der Waals surface area contributed by atoms with Crippen molar-refractivity contribution in [2.45, 2.75) is 0 Å². The summed E-state index contributed by atoms with van der Waals surface area (Å²) in [5, 5.41) is 0. The van der Waals surface area contributed by atoms with Crippen molar-refractivity contribution >= 4 is 27.4 Å². The van der Waals surface area contributed by atoms with E-state index in [9.17, 15) is 9.59 Å². The Labute approximate surface area is 68.5 Å². The summed E-state index contributed by atoms with van der Waals surface area (Å²) in [6, 6.07) is 0. The van der Waals surface area contributed by atoms with Gasteiger partial charge >= 0.3 is 67.9 Å². The molecule has 0 saturated carbocycles. The van der Waals surface area contributed by atoms with Crippen molar-refractivity contribution in [2.24, 2.45) is 0 Å². The van der Waals surface area contributed by atoms with Crippen LogP contribution in [0.2, 0.25) is 0 Å². The molecule has 0 aliphatic rings. The number of rotatable bonds is 4. The van der Waals surface area contributed by atoms with Crippen LogP contribution in [0.25, 0.3) is 0 Å². The summed E-state index contributed by atoms with van der Waals surface area (Å²) in [5.41, 5.74) is 0. The molecule has 0 N–H and O–H groups in total. The van der Waals surface area contributed by atoms with Gasteiger partial charge in [-0.05, 0) is 0 Å². The quantitative estimate of drug-likeness (QED) is 0.520. The molecule has 11 heavy (non-hydrogen) atoms. The third kappa shape index (κ3) is 1.93. The van der Waals surface area contributed by atoms with Gasteiger partial charge in [0.15, 0.2) is 0 Å². The second-order valence-corrected chi connectivity index (χ2v) is 3.09. The fourth-order valence-electron chi connectivity index (χ4n) is 0.549. The molecule has 0 aromatic carbocycles. The summed E-state index contributed by atoms with van der Waals surface area (Å²) in [5.74, 6) is 0.652. The van der Waals surface area contributed by atoms with Gasteiger partial charge in [0.2, 0.25) is 0 Å². The molecule has 0 saturated heterocycles. The van der Waals surface area contributed by atoms with Gasteiger partial charge in [-0.15, -0.1) is 0 Å². The predicted molar refractivity (Wildman–Crippen MR) is 36.8 cm³/mol. The van der Waals surface area contributed by atoms with E-state index < -0.39 is 0 Å². The van der Waals surface area contributed by atoms with Crippen molar-refractivity contribution in [2.75, 3.05) is 0 Å². The van der Waals surface area contributed by atoms with Crippen LogP contribution in [0.4, 0.5) is 0 Å². The minimum absolute atomic E-state index is 0.122. The first-order chi connectivity index (χ1) is 5.38. The van der Waals surface area contributed by atoms with Crippen LogP contribution in [0.1, 0.15) is 0 Å². The van der Waals surface area contributed by atoms with Crippen molar-refractivity contribution in [3.63, 3.8) is 0 Å². The van der Waals surface area contributed by atoms with E-state index in [1.165, 1.54) is 0 Å². The monoisotopic (exact) mass is 220 g/mol. The fourth-order valence-corrected chi connectivity index (χ4v) is 1.93. The van der Waals surface area contributed by atoms with Crippen LogP contribution in [0.15, 0.2) is 9.88 Å². The molecule has 0 spiro atoms. The van der Waals surface area contributed by atoms with Gasteiger partial charge in [-0.2, -0.15) is 0 Å². The van der Waals surface area contributed by atoms with Gasteiger partial charge in [0, 0.05) is 0 Å². The fraction of sp³-hybridized carbons (Fsp3) is 0. The van der Waals surface area contributed by atoms with E-state index in [2.05, 4.69) is 9.47 Å². The van der Waals surface area contributed by atoms with E-state index in [1.54, 1.807) is 9.88 Å². The second-order valence-electron chi connectivity index (χ2n) is 1.53. The molecule has 0 radical (unpaired) electrons. The summed E-state index contributed by atoms with van der Waals surface area (Å²) >= 11 is 0.122. The molecule has 58 valence electrons. The Morgan fingerprint density at radius 3 is 1.91 bits per heavy atom. The zero-order chi connectivity index (χ0) is 8.10. The van der Waals surface area contributed by atoms with E-state index >= 15 is 0 Å². The van der Waals surface area contributed by atoms with Gasteiger partial charge in [-0.3, -0.25) is 0 Å². The molecular formula is C6H4O4Se. The average Bonchev–Trinajstić information content (AvgIpc) is 2.39. The van der Waals surface area contributed by atoms with Crippen LogP contribution in [-0.4, -0.2) is 27.4 Å². The van der Waals surface area contributed by atoms with Gasteiger partial charge < -0.3 is 0 Å². The molecule has 0 amide bonds. The Balaban J connectivity index is 2.76. The zero-order valence-electron chi connectivity index (χ0n) is 5.35. The van der Waals surface area contributed by atoms with Gasteiger partial charge in [0.05, 0.1) is 0 Å². The van der Waals surface area contributed by atoms with Gasteiger partial charge in [-0.25, -0.2) is 0 Å². The molecule has 5 heteroatoms. The van der Waals surface area contributed by atoms with Crippen LogP contribution in [0.5, 0.6) is 11.5 Å². The minimum atomic E-state index is 0.122. The van der Waals surface area contributed by atoms with Crippen LogP contribution in [0.3, 0.4) is 0 Å². The number of carbonyl (C=O) groups is 2. The maximum absolute atomic E-state index is 9.88. The summed E-state index contributed by atoms with van der Waals surface area (Å²) in [7, 11) is 0. The number of carbonyl (C=O) groups excluding carboxylic acids is 2. The molecule has 0 bridgehead atoms. The van der Waals surface area contributed by atoms with Crippen molar-refractivity contribution in [3.05, 3.63) is 9.88 Å². The Hall–Kier alpha value is -1.06. The summed E-state index contributed by atoms with van der Waals surface area (Å²) in [6.45, 7) is 0.602. The Morgan fingerprint density at radius 2 is 1.55 bits per heavy atom. The van der Waals surface area contributed by atoms with Gasteiger partial charge in [0.25, 0.3) is 0 Å². The standard InChI is InChI=1S/C6H4O4Se/c7-3-9-5-1-11-2-6(5)10-4-8/h1-4H. The Kier molecular flexibility index (Phi) is 2.89. The average molecular weight is 219 g/mol. The molecular weight excluding hydrogens is 215 g/mol. The number of hydrogen-bond acceptors (Lipinski definition) is 4. The van der Waals surface area contributed by atoms with Crippen molar-refractivity contribution in [3.8, 4) is 11.5 Å². The normalized spacial score (nSPS) is 8.73. The molecule has 0 aliphatic carbocycles. The molecule has 0 unspecified atom stereocenters. The molecule has 1 heterocycles. The molecule has 4 nitrogen and oxygen atoms in total. The first-order valence-electron chi connectivity index (χ1n) is 2.65. The van der Waals surface area contributed by atoms with E-state index in [1.807, 2.05) is 0 Å². The first-order valence-corrected chi connectivity index (χ1v) is 4.63. The summed E-state index contributed by atoms with van der Waals surface area (Å²) in [4.78, 5) is 23.2. The van der Waals surface area contributed by atoms with Crippen LogP contribution in [-0.2, 0) is 9.59 Å². The van der Waals surface area contributed by atoms with Crippen LogP contribution >= 0.6 is 0 Å². The molecule has 1 aromatic heterocycles. The first kappa shape index (κ1) is 8.04. The number of ether oxygens (including phenoxy) is 2. The second kappa shape index (κ2) is 3.95. The molecule has 1 rings (SSSR count). The van der Waals surface area contributed by atoms with E-state index in [-0.39, 0.29) is 14.5 Å². The number of hydrogen-bond donors (Lipinski definition) is 0. The summed E-state index contributed by atoms with van der Waals surface area (Å²) in [6.07, 6.45) is 0. The van der Waals surface area contributed by atoms with Crippen molar-refractivity contribution < 1.29 is 19.1 Å². The SMILES string of the molecule is O=COc1c[se]cc1OC=O. The Bertz CT molecular complexity index is 230. The molecule has 0 fully saturated rings. The topological polar surface area (TPSA) is 52.6 Å². The van der Waals surface area contributed by atoms with Crippen LogP contribution < -0.4 is 9.47 Å². The molecule has 1 aromatic rings. The predicted octanol–water partition coefficient (Wildman–Crippen LogP) is -0.186. The summed E-state index contributed by atoms with van der Waals surface area (Å²) < 4.78 is 9.02. The molecule has 0 aliphatic heterocycles. The van der Waals surface area contributed by atoms with Crippen LogP contribution in [0, 0.1) is 0 Å². The third-order valence-electron chi connectivity index (χ3n) is 0.943. The maximum atomic E-state index is 9.88. The van der Waals surface area contributed by atoms with E-state index in [4.69, 9.17) is 0 Å². The Morgan fingerprint density at radius 1 is 1.09 bits per heavy atom. The van der Waals surface area contributed by atoms with E-state index in [0.717, 1.165) is 0 Å².